The maximum absolute atomic E-state index is 10.3. The van der Waals surface area contributed by atoms with Gasteiger partial charge in [-0.2, -0.15) is 0 Å². The van der Waals surface area contributed by atoms with Gasteiger partial charge in [0, 0.05) is 5.92 Å². The molecule has 0 heterocycles. The fourth-order valence-electron chi connectivity index (χ4n) is 3.58. The molecule has 0 saturated heterocycles. The highest BCUT2D eigenvalue weighted by Crippen LogP contribution is 2.44. The Labute approximate surface area is 120 Å². The number of rotatable bonds is 8. The van der Waals surface area contributed by atoms with Crippen molar-refractivity contribution in [2.45, 2.75) is 91.1 Å². The van der Waals surface area contributed by atoms with Crippen LogP contribution in [0.3, 0.4) is 0 Å². The lowest BCUT2D eigenvalue weighted by atomic mass is 9.66. The van der Waals surface area contributed by atoms with Crippen molar-refractivity contribution in [3.05, 3.63) is 12.2 Å². The number of hydrogen-bond donors (Lipinski definition) is 1. The van der Waals surface area contributed by atoms with Gasteiger partial charge in [0.1, 0.15) is 0 Å². The van der Waals surface area contributed by atoms with Gasteiger partial charge in [-0.25, -0.2) is 0 Å². The average molecular weight is 266 g/mol. The summed E-state index contributed by atoms with van der Waals surface area (Å²) < 4.78 is 0. The summed E-state index contributed by atoms with van der Waals surface area (Å²) in [5.41, 5.74) is 1.53. The number of aliphatic hydroxyl groups is 1. The Balaban J connectivity index is 2.24. The zero-order valence-corrected chi connectivity index (χ0v) is 13.4. The summed E-state index contributed by atoms with van der Waals surface area (Å²) in [6, 6.07) is 0. The lowest BCUT2D eigenvalue weighted by Gasteiger charge is -2.41. The Hall–Kier alpha value is -0.300. The average Bonchev–Trinajstić information content (AvgIpc) is 2.33. The Kier molecular flexibility index (Phi) is 7.13. The second kappa shape index (κ2) is 8.09. The fourth-order valence-corrected chi connectivity index (χ4v) is 3.58. The molecule has 1 aliphatic rings. The molecule has 112 valence electrons. The van der Waals surface area contributed by atoms with E-state index in [1.807, 2.05) is 0 Å². The molecule has 19 heavy (non-hydrogen) atoms. The zero-order chi connectivity index (χ0) is 14.3. The monoisotopic (exact) mass is 266 g/mol. The molecule has 0 aromatic rings. The first kappa shape index (κ1) is 16.8. The van der Waals surface area contributed by atoms with E-state index in [-0.39, 0.29) is 6.10 Å². The van der Waals surface area contributed by atoms with Crippen LogP contribution in [-0.4, -0.2) is 11.2 Å². The number of aliphatic hydroxyl groups excluding tert-OH is 1. The predicted molar refractivity (Wildman–Crippen MR) is 84.3 cm³/mol. The lowest BCUT2D eigenvalue weighted by Crippen LogP contribution is -2.35. The van der Waals surface area contributed by atoms with Crippen molar-refractivity contribution in [3.63, 3.8) is 0 Å². The minimum atomic E-state index is -0.156. The molecule has 0 bridgehead atoms. The van der Waals surface area contributed by atoms with Gasteiger partial charge in [0.05, 0.1) is 6.10 Å². The summed E-state index contributed by atoms with van der Waals surface area (Å²) in [6.45, 7) is 10.7. The van der Waals surface area contributed by atoms with Gasteiger partial charge in [0.15, 0.2) is 0 Å². The molecule has 1 nitrogen and oxygen atoms in total. The minimum Gasteiger partial charge on any atom is -0.392 e. The van der Waals surface area contributed by atoms with Gasteiger partial charge in [0.2, 0.25) is 0 Å². The van der Waals surface area contributed by atoms with Crippen LogP contribution in [0.25, 0.3) is 0 Å². The van der Waals surface area contributed by atoms with E-state index in [0.717, 1.165) is 18.4 Å². The molecule has 0 radical (unpaired) electrons. The second-order valence-electron chi connectivity index (χ2n) is 7.09. The first-order chi connectivity index (χ1) is 8.98. The molecule has 3 unspecified atom stereocenters. The highest BCUT2D eigenvalue weighted by molar-refractivity contribution is 5.03. The van der Waals surface area contributed by atoms with E-state index in [0.29, 0.717) is 11.3 Å². The van der Waals surface area contributed by atoms with Crippen molar-refractivity contribution >= 4 is 0 Å². The quantitative estimate of drug-likeness (QED) is 0.455. The van der Waals surface area contributed by atoms with Crippen molar-refractivity contribution < 1.29 is 5.11 Å². The number of unbranched alkanes of at least 4 members (excludes halogenated alkanes) is 5. The van der Waals surface area contributed by atoms with Gasteiger partial charge in [0.25, 0.3) is 0 Å². The molecule has 3 atom stereocenters. The van der Waals surface area contributed by atoms with Crippen LogP contribution in [0.2, 0.25) is 0 Å². The minimum absolute atomic E-state index is 0.156. The maximum atomic E-state index is 10.3. The van der Waals surface area contributed by atoms with Crippen LogP contribution in [0.4, 0.5) is 0 Å². The van der Waals surface area contributed by atoms with Crippen LogP contribution in [-0.2, 0) is 0 Å². The first-order valence-electron chi connectivity index (χ1n) is 8.32. The smallest absolute Gasteiger partial charge is 0.0610 e. The molecule has 0 aliphatic heterocycles. The van der Waals surface area contributed by atoms with E-state index in [9.17, 15) is 5.11 Å². The van der Waals surface area contributed by atoms with E-state index in [1.54, 1.807) is 0 Å². The summed E-state index contributed by atoms with van der Waals surface area (Å²) in [7, 11) is 0. The van der Waals surface area contributed by atoms with Gasteiger partial charge in [-0.05, 0) is 38.0 Å². The van der Waals surface area contributed by atoms with Gasteiger partial charge in [-0.3, -0.25) is 0 Å². The summed E-state index contributed by atoms with van der Waals surface area (Å²) in [6.07, 6.45) is 12.7. The molecule has 0 aromatic heterocycles. The van der Waals surface area contributed by atoms with E-state index in [2.05, 4.69) is 27.4 Å². The fraction of sp³-hybridized carbons (Fsp3) is 0.889. The normalized spacial score (nSPS) is 31.4. The van der Waals surface area contributed by atoms with Gasteiger partial charge in [-0.1, -0.05) is 64.5 Å². The highest BCUT2D eigenvalue weighted by atomic mass is 16.3. The van der Waals surface area contributed by atoms with Crippen LogP contribution in [0.15, 0.2) is 12.2 Å². The Bertz CT molecular complexity index is 271. The topological polar surface area (TPSA) is 20.2 Å². The van der Waals surface area contributed by atoms with Gasteiger partial charge < -0.3 is 5.11 Å². The van der Waals surface area contributed by atoms with E-state index in [4.69, 9.17) is 0 Å². The molecule has 0 spiro atoms. The third-order valence-electron chi connectivity index (χ3n) is 4.99. The van der Waals surface area contributed by atoms with Gasteiger partial charge >= 0.3 is 0 Å². The molecule has 1 N–H and O–H groups in total. The Morgan fingerprint density at radius 2 is 1.84 bits per heavy atom. The molecule has 1 aliphatic carbocycles. The molecule has 1 fully saturated rings. The van der Waals surface area contributed by atoms with E-state index in [1.165, 1.54) is 51.4 Å². The second-order valence-corrected chi connectivity index (χ2v) is 7.09. The standard InChI is InChI=1S/C18H34O/c1-5-6-7-8-9-10-12-18(4)13-11-16(15(2)3)17(19)14-18/h16-17,19H,2,5-14H2,1,3-4H3. The Morgan fingerprint density at radius 3 is 2.42 bits per heavy atom. The molecule has 1 saturated carbocycles. The molecule has 1 heteroatoms. The lowest BCUT2D eigenvalue weighted by molar-refractivity contribution is 0.0171. The van der Waals surface area contributed by atoms with E-state index < -0.39 is 0 Å². The molecular weight excluding hydrogens is 232 g/mol. The third kappa shape index (κ3) is 5.69. The third-order valence-corrected chi connectivity index (χ3v) is 4.99. The zero-order valence-electron chi connectivity index (χ0n) is 13.4. The molecule has 1 rings (SSSR count). The highest BCUT2D eigenvalue weighted by Gasteiger charge is 2.36. The SMILES string of the molecule is C=C(C)C1CCC(C)(CCCCCCCC)CC1O. The van der Waals surface area contributed by atoms with Crippen LogP contribution < -0.4 is 0 Å². The largest absolute Gasteiger partial charge is 0.392 e. The number of hydrogen-bond acceptors (Lipinski definition) is 1. The van der Waals surface area contributed by atoms with Crippen molar-refractivity contribution in [1.82, 2.24) is 0 Å². The van der Waals surface area contributed by atoms with Crippen LogP contribution >= 0.6 is 0 Å². The van der Waals surface area contributed by atoms with Crippen LogP contribution in [0.1, 0.15) is 85.0 Å². The van der Waals surface area contributed by atoms with Crippen molar-refractivity contribution in [2.75, 3.05) is 0 Å². The van der Waals surface area contributed by atoms with Crippen LogP contribution in [0.5, 0.6) is 0 Å². The van der Waals surface area contributed by atoms with Crippen molar-refractivity contribution in [1.29, 1.82) is 0 Å². The van der Waals surface area contributed by atoms with Crippen LogP contribution in [0, 0.1) is 11.3 Å². The summed E-state index contributed by atoms with van der Waals surface area (Å²) in [5.74, 6) is 0.345. The van der Waals surface area contributed by atoms with Crippen molar-refractivity contribution in [2.24, 2.45) is 11.3 Å². The summed E-state index contributed by atoms with van der Waals surface area (Å²) >= 11 is 0. The Morgan fingerprint density at radius 1 is 1.21 bits per heavy atom. The molecule has 0 amide bonds. The van der Waals surface area contributed by atoms with Crippen molar-refractivity contribution in [3.8, 4) is 0 Å². The predicted octanol–water partition coefficient (Wildman–Crippen LogP) is 5.48. The van der Waals surface area contributed by atoms with E-state index >= 15 is 0 Å². The molecular formula is C18H34O. The summed E-state index contributed by atoms with van der Waals surface area (Å²) in [5, 5.41) is 10.3. The molecule has 0 aromatic carbocycles. The van der Waals surface area contributed by atoms with Gasteiger partial charge in [-0.15, -0.1) is 0 Å². The summed E-state index contributed by atoms with van der Waals surface area (Å²) in [4.78, 5) is 0. The first-order valence-corrected chi connectivity index (χ1v) is 8.32. The maximum Gasteiger partial charge on any atom is 0.0610 e.